The van der Waals surface area contributed by atoms with Gasteiger partial charge in [0.05, 0.1) is 0 Å². The van der Waals surface area contributed by atoms with Crippen LogP contribution in [0, 0.1) is 0 Å². The van der Waals surface area contributed by atoms with Gasteiger partial charge in [-0.3, -0.25) is 9.11 Å². The first-order valence-corrected chi connectivity index (χ1v) is 2.10. The van der Waals surface area contributed by atoms with Crippen LogP contribution in [-0.2, 0) is 10.4 Å². The molecule has 0 aromatic rings. The van der Waals surface area contributed by atoms with Gasteiger partial charge >= 0.3 is 68.6 Å². The van der Waals surface area contributed by atoms with E-state index in [1.165, 1.54) is 0 Å². The van der Waals surface area contributed by atoms with Crippen LogP contribution < -0.4 is 0 Å². The van der Waals surface area contributed by atoms with Crippen molar-refractivity contribution in [2.24, 2.45) is 0 Å². The minimum absolute atomic E-state index is 0. The van der Waals surface area contributed by atoms with E-state index >= 15 is 0 Å². The molecule has 0 aliphatic carbocycles. The van der Waals surface area contributed by atoms with Gasteiger partial charge in [-0.05, 0) is 0 Å². The molecule has 0 aromatic heterocycles. The Kier molecular flexibility index (Phi) is 14.6. The third-order valence-corrected chi connectivity index (χ3v) is 0. The molecule has 0 fully saturated rings. The molecule has 7 heavy (non-hydrogen) atoms. The SMILES string of the molecule is O=S(=O)(O)O.[AlH3].[RbH]. The van der Waals surface area contributed by atoms with Crippen molar-refractivity contribution >= 4 is 85.9 Å². The van der Waals surface area contributed by atoms with Gasteiger partial charge in [-0.2, -0.15) is 8.42 Å². The van der Waals surface area contributed by atoms with Crippen molar-refractivity contribution in [2.75, 3.05) is 0 Å². The number of hydrogen-bond donors (Lipinski definition) is 2. The van der Waals surface area contributed by atoms with Crippen LogP contribution in [0.2, 0.25) is 0 Å². The van der Waals surface area contributed by atoms with Crippen molar-refractivity contribution in [2.45, 2.75) is 0 Å². The Morgan fingerprint density at radius 2 is 1.14 bits per heavy atom. The van der Waals surface area contributed by atoms with Gasteiger partial charge in [-0.1, -0.05) is 0 Å². The van der Waals surface area contributed by atoms with Gasteiger partial charge in [0.25, 0.3) is 0 Å². The van der Waals surface area contributed by atoms with Gasteiger partial charge < -0.3 is 0 Å². The molecule has 0 spiro atoms. The zero-order chi connectivity index (χ0) is 4.50. The molecule has 0 saturated heterocycles. The van der Waals surface area contributed by atoms with Gasteiger partial charge in [-0.25, -0.2) is 0 Å². The van der Waals surface area contributed by atoms with E-state index in [4.69, 9.17) is 17.5 Å². The Bertz CT molecular complexity index is 94.9. The molecule has 0 bridgehead atoms. The summed E-state index contributed by atoms with van der Waals surface area (Å²) in [5.41, 5.74) is 0. The fraction of sp³-hybridized carbons (Fsp3) is 0. The predicted octanol–water partition coefficient (Wildman–Crippen LogP) is -2.49. The zero-order valence-electron chi connectivity index (χ0n) is 2.12. The van der Waals surface area contributed by atoms with Crippen molar-refractivity contribution in [1.82, 2.24) is 0 Å². The summed E-state index contributed by atoms with van der Waals surface area (Å²) in [7, 11) is -4.67. The van der Waals surface area contributed by atoms with Crippen molar-refractivity contribution in [3.63, 3.8) is 0 Å². The molecule has 0 rings (SSSR count). The Hall–Kier alpha value is 2.21. The van der Waals surface area contributed by atoms with Crippen LogP contribution in [-0.4, -0.2) is 93.1 Å². The van der Waals surface area contributed by atoms with Crippen LogP contribution in [0.3, 0.4) is 0 Å². The van der Waals surface area contributed by atoms with Crippen LogP contribution in [0.25, 0.3) is 0 Å². The molecule has 7 heteroatoms. The Balaban J connectivity index is -0.0000000800. The van der Waals surface area contributed by atoms with E-state index in [0.29, 0.717) is 0 Å². The van der Waals surface area contributed by atoms with Crippen molar-refractivity contribution in [3.05, 3.63) is 0 Å². The summed E-state index contributed by atoms with van der Waals surface area (Å²) in [6.07, 6.45) is 0. The molecule has 0 amide bonds. The Labute approximate surface area is 101 Å². The van der Waals surface area contributed by atoms with E-state index in [-0.39, 0.29) is 75.5 Å². The van der Waals surface area contributed by atoms with Crippen LogP contribution >= 0.6 is 0 Å². The molecule has 0 heterocycles. The molecule has 0 aliphatic rings. The molecule has 0 saturated carbocycles. The summed E-state index contributed by atoms with van der Waals surface area (Å²) < 4.78 is 31.6. The molecule has 0 aromatic carbocycles. The second kappa shape index (κ2) is 6.33. The summed E-state index contributed by atoms with van der Waals surface area (Å²) in [4.78, 5) is 0. The summed E-state index contributed by atoms with van der Waals surface area (Å²) >= 11 is 0. The van der Waals surface area contributed by atoms with Gasteiger partial charge in [-0.15, -0.1) is 0 Å². The molecule has 2 N–H and O–H groups in total. The maximum absolute atomic E-state index is 8.74. The third kappa shape index (κ3) is 64.9. The summed E-state index contributed by atoms with van der Waals surface area (Å²) in [6, 6.07) is 0. The average molecular weight is 215 g/mol. The van der Waals surface area contributed by atoms with E-state index in [9.17, 15) is 0 Å². The third-order valence-electron chi connectivity index (χ3n) is 0. The average Bonchev–Trinajstić information content (AvgIpc) is 0.722. The van der Waals surface area contributed by atoms with E-state index in [0.717, 1.165) is 0 Å². The van der Waals surface area contributed by atoms with Crippen LogP contribution in [0.4, 0.5) is 0 Å². The fourth-order valence-corrected chi connectivity index (χ4v) is 0. The molecule has 0 unspecified atom stereocenters. The molecule has 4 nitrogen and oxygen atoms in total. The van der Waals surface area contributed by atoms with E-state index in [1.807, 2.05) is 0 Å². The van der Waals surface area contributed by atoms with Crippen LogP contribution in [0.5, 0.6) is 0 Å². The molecule has 0 aliphatic heterocycles. The maximum atomic E-state index is 8.74. The molecule has 0 radical (unpaired) electrons. The predicted molar refractivity (Wildman–Crippen MR) is 31.3 cm³/mol. The first-order chi connectivity index (χ1) is 2.00. The summed E-state index contributed by atoms with van der Waals surface area (Å²) in [6.45, 7) is 0. The monoisotopic (exact) mass is 214 g/mol. The van der Waals surface area contributed by atoms with Crippen molar-refractivity contribution in [3.8, 4) is 0 Å². The number of hydrogen-bond acceptors (Lipinski definition) is 2. The van der Waals surface area contributed by atoms with Crippen LogP contribution in [0.15, 0.2) is 0 Å². The van der Waals surface area contributed by atoms with Crippen LogP contribution in [0.1, 0.15) is 0 Å². The molecular weight excluding hydrogens is 209 g/mol. The standard InChI is InChI=1S/Al.H2O4S.Rb.4H/c;1-5(2,3)4;;;;;/h;(H2,1,2,3,4);;;;;. The molecule has 0 atom stereocenters. The Morgan fingerprint density at radius 3 is 1.14 bits per heavy atom. The summed E-state index contributed by atoms with van der Waals surface area (Å²) in [5.74, 6) is 0. The van der Waals surface area contributed by atoms with Crippen molar-refractivity contribution < 1.29 is 17.5 Å². The molecular formula is H6AlO4RbS. The fourth-order valence-electron chi connectivity index (χ4n) is 0. The zero-order valence-corrected chi connectivity index (χ0v) is 2.94. The normalized spacial score (nSPS) is 8.29. The second-order valence-electron chi connectivity index (χ2n) is 0.448. The van der Waals surface area contributed by atoms with Gasteiger partial charge in [0, 0.05) is 0 Å². The van der Waals surface area contributed by atoms with Crippen molar-refractivity contribution in [1.29, 1.82) is 0 Å². The van der Waals surface area contributed by atoms with E-state index in [2.05, 4.69) is 0 Å². The minimum atomic E-state index is -4.67. The van der Waals surface area contributed by atoms with Gasteiger partial charge in [0.1, 0.15) is 0 Å². The van der Waals surface area contributed by atoms with Gasteiger partial charge in [0.15, 0.2) is 17.4 Å². The molecule has 40 valence electrons. The number of rotatable bonds is 0. The first kappa shape index (κ1) is 16.1. The first-order valence-electron chi connectivity index (χ1n) is 0.698. The summed E-state index contributed by atoms with van der Waals surface area (Å²) in [5, 5.41) is 0. The topological polar surface area (TPSA) is 74.6 Å². The van der Waals surface area contributed by atoms with E-state index in [1.54, 1.807) is 0 Å². The second-order valence-corrected chi connectivity index (χ2v) is 1.34. The van der Waals surface area contributed by atoms with E-state index < -0.39 is 10.4 Å². The quantitative estimate of drug-likeness (QED) is 0.346. The van der Waals surface area contributed by atoms with Gasteiger partial charge in [0.2, 0.25) is 0 Å². The Morgan fingerprint density at radius 1 is 1.14 bits per heavy atom.